The summed E-state index contributed by atoms with van der Waals surface area (Å²) in [5, 5.41) is 5.74. The van der Waals surface area contributed by atoms with E-state index in [1.54, 1.807) is 18.5 Å². The predicted octanol–water partition coefficient (Wildman–Crippen LogP) is 2.09. The van der Waals surface area contributed by atoms with Crippen LogP contribution in [0, 0.1) is 0 Å². The third-order valence-electron chi connectivity index (χ3n) is 2.65. The van der Waals surface area contributed by atoms with E-state index in [9.17, 15) is 4.79 Å². The molecule has 0 atom stereocenters. The van der Waals surface area contributed by atoms with Crippen LogP contribution in [0.2, 0.25) is 0 Å². The molecule has 0 bridgehead atoms. The van der Waals surface area contributed by atoms with Crippen molar-refractivity contribution in [2.45, 2.75) is 13.3 Å². The molecular formula is C14H16N4O. The Bertz CT molecular complexity index is 542. The van der Waals surface area contributed by atoms with Gasteiger partial charge in [-0.3, -0.25) is 4.79 Å². The fourth-order valence-electron chi connectivity index (χ4n) is 1.69. The first-order valence-corrected chi connectivity index (χ1v) is 6.18. The van der Waals surface area contributed by atoms with Crippen LogP contribution in [0.5, 0.6) is 0 Å². The van der Waals surface area contributed by atoms with Crippen molar-refractivity contribution < 1.29 is 4.79 Å². The number of anilines is 2. The topological polar surface area (TPSA) is 66.9 Å². The van der Waals surface area contributed by atoms with Gasteiger partial charge in [0.05, 0.1) is 6.54 Å². The molecule has 0 unspecified atom stereocenters. The van der Waals surface area contributed by atoms with E-state index in [4.69, 9.17) is 0 Å². The Balaban J connectivity index is 1.91. The van der Waals surface area contributed by atoms with Gasteiger partial charge in [-0.15, -0.1) is 0 Å². The van der Waals surface area contributed by atoms with Gasteiger partial charge in [0.15, 0.2) is 0 Å². The van der Waals surface area contributed by atoms with Gasteiger partial charge in [0, 0.05) is 18.1 Å². The Morgan fingerprint density at radius 1 is 1.16 bits per heavy atom. The van der Waals surface area contributed by atoms with E-state index in [0.717, 1.165) is 17.7 Å². The number of aryl methyl sites for hydroxylation is 1. The first-order chi connectivity index (χ1) is 9.29. The Morgan fingerprint density at radius 3 is 2.63 bits per heavy atom. The molecule has 0 aliphatic carbocycles. The maximum absolute atomic E-state index is 11.8. The SMILES string of the molecule is CCc1ccccc1NC(=O)CNc1ncccn1. The molecule has 0 spiro atoms. The zero-order valence-electron chi connectivity index (χ0n) is 10.8. The zero-order valence-corrected chi connectivity index (χ0v) is 10.8. The van der Waals surface area contributed by atoms with Gasteiger partial charge in [0.2, 0.25) is 11.9 Å². The molecule has 1 aromatic heterocycles. The third kappa shape index (κ3) is 3.77. The van der Waals surface area contributed by atoms with Gasteiger partial charge >= 0.3 is 0 Å². The number of nitrogens with zero attached hydrogens (tertiary/aromatic N) is 2. The minimum Gasteiger partial charge on any atom is -0.345 e. The Kier molecular flexibility index (Phi) is 4.44. The number of benzene rings is 1. The molecule has 1 amide bonds. The van der Waals surface area contributed by atoms with E-state index in [1.165, 1.54) is 0 Å². The minimum absolute atomic E-state index is 0.117. The Hall–Kier alpha value is -2.43. The molecule has 0 aliphatic heterocycles. The summed E-state index contributed by atoms with van der Waals surface area (Å²) in [6, 6.07) is 9.49. The summed E-state index contributed by atoms with van der Waals surface area (Å²) in [5.41, 5.74) is 1.97. The maximum atomic E-state index is 11.8. The van der Waals surface area contributed by atoms with Crippen molar-refractivity contribution in [2.75, 3.05) is 17.2 Å². The lowest BCUT2D eigenvalue weighted by Crippen LogP contribution is -2.23. The van der Waals surface area contributed by atoms with Gasteiger partial charge in [-0.05, 0) is 24.1 Å². The number of amides is 1. The second kappa shape index (κ2) is 6.49. The van der Waals surface area contributed by atoms with Gasteiger partial charge < -0.3 is 10.6 Å². The van der Waals surface area contributed by atoms with Crippen LogP contribution in [0.3, 0.4) is 0 Å². The molecule has 0 saturated heterocycles. The minimum atomic E-state index is -0.117. The van der Waals surface area contributed by atoms with Gasteiger partial charge in [-0.25, -0.2) is 9.97 Å². The molecule has 2 aromatic rings. The monoisotopic (exact) mass is 256 g/mol. The zero-order chi connectivity index (χ0) is 13.5. The van der Waals surface area contributed by atoms with Gasteiger partial charge in [-0.1, -0.05) is 25.1 Å². The molecule has 0 fully saturated rings. The number of hydrogen-bond acceptors (Lipinski definition) is 4. The number of carbonyl (C=O) groups is 1. The van der Waals surface area contributed by atoms with Crippen molar-refractivity contribution >= 4 is 17.5 Å². The highest BCUT2D eigenvalue weighted by molar-refractivity contribution is 5.94. The van der Waals surface area contributed by atoms with Crippen LogP contribution in [0.1, 0.15) is 12.5 Å². The highest BCUT2D eigenvalue weighted by Gasteiger charge is 2.05. The van der Waals surface area contributed by atoms with Crippen molar-refractivity contribution in [3.8, 4) is 0 Å². The summed E-state index contributed by atoms with van der Waals surface area (Å²) in [6.07, 6.45) is 4.13. The van der Waals surface area contributed by atoms with Crippen LogP contribution < -0.4 is 10.6 Å². The molecule has 0 radical (unpaired) electrons. The van der Waals surface area contributed by atoms with E-state index in [0.29, 0.717) is 5.95 Å². The Labute approximate surface area is 112 Å². The predicted molar refractivity (Wildman–Crippen MR) is 75.0 cm³/mol. The van der Waals surface area contributed by atoms with Crippen LogP contribution in [0.15, 0.2) is 42.7 Å². The van der Waals surface area contributed by atoms with Gasteiger partial charge in [0.25, 0.3) is 0 Å². The average molecular weight is 256 g/mol. The highest BCUT2D eigenvalue weighted by atomic mass is 16.1. The normalized spacial score (nSPS) is 9.95. The Morgan fingerprint density at radius 2 is 1.89 bits per heavy atom. The smallest absolute Gasteiger partial charge is 0.243 e. The average Bonchev–Trinajstić information content (AvgIpc) is 2.47. The summed E-state index contributed by atoms with van der Waals surface area (Å²) < 4.78 is 0. The molecule has 2 N–H and O–H groups in total. The number of aromatic nitrogens is 2. The van der Waals surface area contributed by atoms with Crippen molar-refractivity contribution in [3.05, 3.63) is 48.3 Å². The summed E-state index contributed by atoms with van der Waals surface area (Å²) in [5.74, 6) is 0.328. The van der Waals surface area contributed by atoms with Crippen LogP contribution in [0.4, 0.5) is 11.6 Å². The second-order valence-electron chi connectivity index (χ2n) is 3.98. The number of nitrogens with one attached hydrogen (secondary N) is 2. The first-order valence-electron chi connectivity index (χ1n) is 6.18. The molecule has 1 aromatic carbocycles. The van der Waals surface area contributed by atoms with Crippen molar-refractivity contribution in [3.63, 3.8) is 0 Å². The summed E-state index contributed by atoms with van der Waals surface area (Å²) >= 11 is 0. The molecule has 0 aliphatic rings. The molecule has 0 saturated carbocycles. The fraction of sp³-hybridized carbons (Fsp3) is 0.214. The van der Waals surface area contributed by atoms with E-state index >= 15 is 0 Å². The number of hydrogen-bond donors (Lipinski definition) is 2. The fourth-order valence-corrected chi connectivity index (χ4v) is 1.69. The second-order valence-corrected chi connectivity index (χ2v) is 3.98. The molecule has 98 valence electrons. The van der Waals surface area contributed by atoms with Crippen molar-refractivity contribution in [1.82, 2.24) is 9.97 Å². The molecule has 19 heavy (non-hydrogen) atoms. The third-order valence-corrected chi connectivity index (χ3v) is 2.65. The van der Waals surface area contributed by atoms with Crippen LogP contribution in [0.25, 0.3) is 0 Å². The quantitative estimate of drug-likeness (QED) is 0.859. The molecule has 5 heteroatoms. The molecular weight excluding hydrogens is 240 g/mol. The molecule has 1 heterocycles. The lowest BCUT2D eigenvalue weighted by atomic mass is 10.1. The van der Waals surface area contributed by atoms with Gasteiger partial charge in [0.1, 0.15) is 0 Å². The standard InChI is InChI=1S/C14H16N4O/c1-2-11-6-3-4-7-12(11)18-13(19)10-17-14-15-8-5-9-16-14/h3-9H,2,10H2,1H3,(H,18,19)(H,15,16,17). The van der Waals surface area contributed by atoms with Crippen molar-refractivity contribution in [2.24, 2.45) is 0 Å². The van der Waals surface area contributed by atoms with E-state index < -0.39 is 0 Å². The maximum Gasteiger partial charge on any atom is 0.243 e. The first kappa shape index (κ1) is 13.0. The van der Waals surface area contributed by atoms with Gasteiger partial charge in [-0.2, -0.15) is 0 Å². The lowest BCUT2D eigenvalue weighted by molar-refractivity contribution is -0.114. The van der Waals surface area contributed by atoms with E-state index in [2.05, 4.69) is 27.5 Å². The van der Waals surface area contributed by atoms with E-state index in [-0.39, 0.29) is 12.5 Å². The summed E-state index contributed by atoms with van der Waals surface area (Å²) in [6.45, 7) is 2.20. The van der Waals surface area contributed by atoms with Crippen molar-refractivity contribution in [1.29, 1.82) is 0 Å². The highest BCUT2D eigenvalue weighted by Crippen LogP contribution is 2.15. The number of rotatable bonds is 5. The molecule has 5 nitrogen and oxygen atoms in total. The number of carbonyl (C=O) groups excluding carboxylic acids is 1. The number of para-hydroxylation sites is 1. The lowest BCUT2D eigenvalue weighted by Gasteiger charge is -2.10. The van der Waals surface area contributed by atoms with E-state index in [1.807, 2.05) is 24.3 Å². The summed E-state index contributed by atoms with van der Waals surface area (Å²) in [7, 11) is 0. The van der Waals surface area contributed by atoms with Crippen LogP contribution in [-0.4, -0.2) is 22.4 Å². The molecule has 2 rings (SSSR count). The summed E-state index contributed by atoms with van der Waals surface area (Å²) in [4.78, 5) is 19.8. The van der Waals surface area contributed by atoms with Crippen LogP contribution in [-0.2, 0) is 11.2 Å². The van der Waals surface area contributed by atoms with Crippen LogP contribution >= 0.6 is 0 Å². The largest absolute Gasteiger partial charge is 0.345 e.